The maximum Gasteiger partial charge on any atom is 0.236 e. The van der Waals surface area contributed by atoms with E-state index in [1.54, 1.807) is 0 Å². The summed E-state index contributed by atoms with van der Waals surface area (Å²) in [6, 6.07) is 8.11. The van der Waals surface area contributed by atoms with Crippen LogP contribution in [-0.2, 0) is 4.79 Å². The lowest BCUT2D eigenvalue weighted by Crippen LogP contribution is -2.14. The molecule has 0 spiro atoms. The number of benzene rings is 1. The van der Waals surface area contributed by atoms with Crippen molar-refractivity contribution in [3.05, 3.63) is 45.5 Å². The third-order valence-electron chi connectivity index (χ3n) is 3.95. The maximum absolute atomic E-state index is 12.2. The molecule has 0 aliphatic heterocycles. The fourth-order valence-corrected chi connectivity index (χ4v) is 4.23. The first-order valence-corrected chi connectivity index (χ1v) is 9.86. The lowest BCUT2D eigenvalue weighted by atomic mass is 10.1. The number of carbonyl (C=O) groups excluding carboxylic acids is 1. The summed E-state index contributed by atoms with van der Waals surface area (Å²) in [7, 11) is 0. The SMILES string of the molecule is Cc1cc(C)c2nc(SCC(=O)Nc3nc(C)c(C)s3)c(C#N)cc2c1. The van der Waals surface area contributed by atoms with Crippen molar-refractivity contribution in [3.8, 4) is 6.07 Å². The van der Waals surface area contributed by atoms with Crippen LogP contribution in [0.4, 0.5) is 5.13 Å². The van der Waals surface area contributed by atoms with E-state index in [-0.39, 0.29) is 11.7 Å². The molecule has 0 saturated heterocycles. The van der Waals surface area contributed by atoms with Crippen molar-refractivity contribution in [2.24, 2.45) is 0 Å². The van der Waals surface area contributed by atoms with E-state index >= 15 is 0 Å². The maximum atomic E-state index is 12.2. The molecule has 0 unspecified atom stereocenters. The normalized spacial score (nSPS) is 10.7. The van der Waals surface area contributed by atoms with Gasteiger partial charge in [-0.15, -0.1) is 11.3 Å². The second-order valence-electron chi connectivity index (χ2n) is 6.10. The number of anilines is 1. The number of carbonyl (C=O) groups is 1. The first-order chi connectivity index (χ1) is 12.4. The predicted octanol–water partition coefficient (Wildman–Crippen LogP) is 4.53. The molecule has 0 radical (unpaired) electrons. The summed E-state index contributed by atoms with van der Waals surface area (Å²) in [5.74, 6) is 0.0191. The number of nitrogens with zero attached hydrogens (tertiary/aromatic N) is 3. The standard InChI is InChI=1S/C19H18N4OS2/c1-10-5-11(2)17-14(6-10)7-15(8-20)18(23-17)25-9-16(24)22-19-21-12(3)13(4)26-19/h5-7H,9H2,1-4H3,(H,21,22,24). The number of thioether (sulfide) groups is 1. The molecule has 5 nitrogen and oxygen atoms in total. The molecule has 132 valence electrons. The van der Waals surface area contributed by atoms with Gasteiger partial charge in [-0.3, -0.25) is 4.79 Å². The van der Waals surface area contributed by atoms with Crippen molar-refractivity contribution >= 4 is 45.0 Å². The molecule has 26 heavy (non-hydrogen) atoms. The highest BCUT2D eigenvalue weighted by Gasteiger charge is 2.13. The Balaban J connectivity index is 1.79. The zero-order valence-corrected chi connectivity index (χ0v) is 16.6. The highest BCUT2D eigenvalue weighted by Crippen LogP contribution is 2.27. The number of hydrogen-bond donors (Lipinski definition) is 1. The van der Waals surface area contributed by atoms with E-state index in [1.807, 2.05) is 39.8 Å². The molecule has 3 rings (SSSR count). The molecule has 2 heterocycles. The molecule has 0 aliphatic carbocycles. The summed E-state index contributed by atoms with van der Waals surface area (Å²) < 4.78 is 0. The van der Waals surface area contributed by atoms with Gasteiger partial charge in [0.2, 0.25) is 5.91 Å². The summed E-state index contributed by atoms with van der Waals surface area (Å²) >= 11 is 2.73. The Morgan fingerprint density at radius 2 is 2.00 bits per heavy atom. The summed E-state index contributed by atoms with van der Waals surface area (Å²) in [5, 5.41) is 14.4. The Morgan fingerprint density at radius 1 is 1.23 bits per heavy atom. The van der Waals surface area contributed by atoms with Crippen molar-refractivity contribution in [1.29, 1.82) is 5.26 Å². The van der Waals surface area contributed by atoms with Gasteiger partial charge in [-0.05, 0) is 45.4 Å². The Labute approximate surface area is 160 Å². The minimum Gasteiger partial charge on any atom is -0.301 e. The van der Waals surface area contributed by atoms with E-state index in [9.17, 15) is 10.1 Å². The van der Waals surface area contributed by atoms with E-state index in [0.29, 0.717) is 15.7 Å². The number of amides is 1. The van der Waals surface area contributed by atoms with Crippen LogP contribution in [0.1, 0.15) is 27.3 Å². The number of hydrogen-bond acceptors (Lipinski definition) is 6. The Hall–Kier alpha value is -2.43. The van der Waals surface area contributed by atoms with Gasteiger partial charge in [0.15, 0.2) is 5.13 Å². The van der Waals surface area contributed by atoms with Gasteiger partial charge in [0.25, 0.3) is 0 Å². The third-order valence-corrected chi connectivity index (χ3v) is 5.93. The summed E-state index contributed by atoms with van der Waals surface area (Å²) in [6.45, 7) is 7.91. The lowest BCUT2D eigenvalue weighted by molar-refractivity contribution is -0.113. The fraction of sp³-hybridized carbons (Fsp3) is 0.263. The Morgan fingerprint density at radius 3 is 2.65 bits per heavy atom. The van der Waals surface area contributed by atoms with Crippen molar-refractivity contribution < 1.29 is 4.79 Å². The van der Waals surface area contributed by atoms with Crippen molar-refractivity contribution in [2.75, 3.05) is 11.1 Å². The molecule has 0 fully saturated rings. The van der Waals surface area contributed by atoms with Gasteiger partial charge in [0.05, 0.1) is 22.5 Å². The Kier molecular flexibility index (Phi) is 5.25. The monoisotopic (exact) mass is 382 g/mol. The van der Waals surface area contributed by atoms with Gasteiger partial charge in [-0.1, -0.05) is 23.4 Å². The van der Waals surface area contributed by atoms with E-state index < -0.39 is 0 Å². The smallest absolute Gasteiger partial charge is 0.236 e. The van der Waals surface area contributed by atoms with E-state index in [4.69, 9.17) is 0 Å². The number of nitriles is 1. The van der Waals surface area contributed by atoms with Crippen molar-refractivity contribution in [3.63, 3.8) is 0 Å². The van der Waals surface area contributed by atoms with Gasteiger partial charge >= 0.3 is 0 Å². The van der Waals surface area contributed by atoms with E-state index in [0.717, 1.165) is 32.6 Å². The highest BCUT2D eigenvalue weighted by atomic mass is 32.2. The second-order valence-corrected chi connectivity index (χ2v) is 8.27. The third kappa shape index (κ3) is 3.87. The predicted molar refractivity (Wildman–Crippen MR) is 107 cm³/mol. The minimum atomic E-state index is -0.157. The Bertz CT molecular complexity index is 1030. The van der Waals surface area contributed by atoms with Gasteiger partial charge in [0.1, 0.15) is 11.1 Å². The highest BCUT2D eigenvalue weighted by molar-refractivity contribution is 8.00. The second kappa shape index (κ2) is 7.44. The number of rotatable bonds is 4. The van der Waals surface area contributed by atoms with Crippen LogP contribution >= 0.6 is 23.1 Å². The van der Waals surface area contributed by atoms with Crippen LogP contribution in [0, 0.1) is 39.0 Å². The summed E-state index contributed by atoms with van der Waals surface area (Å²) in [4.78, 5) is 22.2. The van der Waals surface area contributed by atoms with Gasteiger partial charge in [-0.25, -0.2) is 9.97 Å². The number of pyridine rings is 1. The van der Waals surface area contributed by atoms with Gasteiger partial charge in [-0.2, -0.15) is 5.26 Å². The largest absolute Gasteiger partial charge is 0.301 e. The molecule has 0 atom stereocenters. The topological polar surface area (TPSA) is 78.7 Å². The molecule has 2 aromatic heterocycles. The number of nitrogens with one attached hydrogen (secondary N) is 1. The van der Waals surface area contributed by atoms with Crippen LogP contribution in [0.25, 0.3) is 10.9 Å². The number of fused-ring (bicyclic) bond motifs is 1. The van der Waals surface area contributed by atoms with E-state index in [1.165, 1.54) is 23.1 Å². The first-order valence-electron chi connectivity index (χ1n) is 8.06. The quantitative estimate of drug-likeness (QED) is 0.671. The molecule has 0 saturated carbocycles. The van der Waals surface area contributed by atoms with Crippen molar-refractivity contribution in [1.82, 2.24) is 9.97 Å². The molecule has 7 heteroatoms. The van der Waals surface area contributed by atoms with E-state index in [2.05, 4.69) is 27.4 Å². The molecule has 3 aromatic rings. The minimum absolute atomic E-state index is 0.157. The van der Waals surface area contributed by atoms with Gasteiger partial charge < -0.3 is 5.32 Å². The van der Waals surface area contributed by atoms with Gasteiger partial charge in [0, 0.05) is 10.3 Å². The molecule has 0 aliphatic rings. The van der Waals surface area contributed by atoms with Crippen LogP contribution in [-0.4, -0.2) is 21.6 Å². The van der Waals surface area contributed by atoms with Crippen LogP contribution in [0.5, 0.6) is 0 Å². The zero-order valence-electron chi connectivity index (χ0n) is 15.0. The molecule has 1 N–H and O–H groups in total. The number of thiazole rings is 1. The molecule has 1 amide bonds. The van der Waals surface area contributed by atoms with Crippen LogP contribution in [0.2, 0.25) is 0 Å². The fourth-order valence-electron chi connectivity index (χ4n) is 2.64. The number of aromatic nitrogens is 2. The summed E-state index contributed by atoms with van der Waals surface area (Å²) in [5.41, 5.74) is 4.47. The average molecular weight is 383 g/mol. The van der Waals surface area contributed by atoms with Crippen molar-refractivity contribution in [2.45, 2.75) is 32.7 Å². The van der Waals surface area contributed by atoms with Crippen LogP contribution in [0.3, 0.4) is 0 Å². The summed E-state index contributed by atoms with van der Waals surface area (Å²) in [6.07, 6.45) is 0. The first kappa shape index (κ1) is 18.4. The van der Waals surface area contributed by atoms with Crippen LogP contribution < -0.4 is 5.32 Å². The molecule has 0 bridgehead atoms. The van der Waals surface area contributed by atoms with Crippen LogP contribution in [0.15, 0.2) is 23.2 Å². The zero-order chi connectivity index (χ0) is 18.8. The molecular formula is C19H18N4OS2. The number of aryl methyl sites for hydroxylation is 4. The lowest BCUT2D eigenvalue weighted by Gasteiger charge is -2.08. The molecule has 1 aromatic carbocycles. The molecular weight excluding hydrogens is 364 g/mol. The average Bonchev–Trinajstić information content (AvgIpc) is 2.89.